The van der Waals surface area contributed by atoms with E-state index in [-0.39, 0.29) is 11.9 Å². The first-order valence-electron chi connectivity index (χ1n) is 8.88. The summed E-state index contributed by atoms with van der Waals surface area (Å²) in [4.78, 5) is 21.0. The predicted octanol–water partition coefficient (Wildman–Crippen LogP) is 2.59. The Balaban J connectivity index is 1.48. The summed E-state index contributed by atoms with van der Waals surface area (Å²) in [6.45, 7) is 0.771. The van der Waals surface area contributed by atoms with Crippen LogP contribution in [-0.2, 0) is 13.0 Å². The lowest BCUT2D eigenvalue weighted by atomic mass is 10.1. The zero-order chi connectivity index (χ0) is 18.6. The van der Waals surface area contributed by atoms with E-state index < -0.39 is 0 Å². The highest BCUT2D eigenvalue weighted by atomic mass is 32.2. The van der Waals surface area contributed by atoms with E-state index in [1.807, 2.05) is 24.5 Å². The SMILES string of the molecule is CSc1ncccc1C(=O)NC1CCc2nnc(-c3ccncc3)n2CC1. The van der Waals surface area contributed by atoms with Crippen molar-refractivity contribution < 1.29 is 4.79 Å². The molecule has 0 radical (unpaired) electrons. The average molecular weight is 380 g/mol. The zero-order valence-corrected chi connectivity index (χ0v) is 15.8. The highest BCUT2D eigenvalue weighted by molar-refractivity contribution is 7.98. The van der Waals surface area contributed by atoms with Crippen molar-refractivity contribution in [2.75, 3.05) is 6.26 Å². The topological polar surface area (TPSA) is 85.6 Å². The molecule has 3 aromatic heterocycles. The van der Waals surface area contributed by atoms with E-state index in [0.29, 0.717) is 5.56 Å². The summed E-state index contributed by atoms with van der Waals surface area (Å²) in [5, 5.41) is 12.6. The van der Waals surface area contributed by atoms with Crippen molar-refractivity contribution in [3.05, 3.63) is 54.2 Å². The third-order valence-corrected chi connectivity index (χ3v) is 5.44. The molecule has 1 unspecified atom stereocenters. The Bertz CT molecular complexity index is 942. The second kappa shape index (κ2) is 7.87. The van der Waals surface area contributed by atoms with Crippen molar-refractivity contribution in [1.29, 1.82) is 0 Å². The Morgan fingerprint density at radius 1 is 1.19 bits per heavy atom. The van der Waals surface area contributed by atoms with Crippen LogP contribution in [0, 0.1) is 0 Å². The first-order valence-corrected chi connectivity index (χ1v) is 10.1. The lowest BCUT2D eigenvalue weighted by Gasteiger charge is -2.17. The number of amides is 1. The number of carbonyl (C=O) groups excluding carboxylic acids is 1. The highest BCUT2D eigenvalue weighted by Crippen LogP contribution is 2.23. The van der Waals surface area contributed by atoms with E-state index in [9.17, 15) is 4.79 Å². The van der Waals surface area contributed by atoms with Crippen LogP contribution in [0.5, 0.6) is 0 Å². The zero-order valence-electron chi connectivity index (χ0n) is 15.0. The Kier molecular flexibility index (Phi) is 5.15. The van der Waals surface area contributed by atoms with Crippen molar-refractivity contribution >= 4 is 17.7 Å². The van der Waals surface area contributed by atoms with Gasteiger partial charge in [-0.05, 0) is 43.4 Å². The van der Waals surface area contributed by atoms with Crippen molar-refractivity contribution in [3.8, 4) is 11.4 Å². The summed E-state index contributed by atoms with van der Waals surface area (Å²) in [6, 6.07) is 7.59. The number of nitrogens with zero attached hydrogens (tertiary/aromatic N) is 5. The van der Waals surface area contributed by atoms with Crippen LogP contribution < -0.4 is 5.32 Å². The molecule has 0 aromatic carbocycles. The molecule has 27 heavy (non-hydrogen) atoms. The number of carbonyl (C=O) groups is 1. The van der Waals surface area contributed by atoms with Gasteiger partial charge >= 0.3 is 0 Å². The maximum atomic E-state index is 12.7. The first-order chi connectivity index (χ1) is 13.3. The normalized spacial score (nSPS) is 16.4. The molecule has 3 aromatic rings. The molecular weight excluding hydrogens is 360 g/mol. The molecule has 0 bridgehead atoms. The van der Waals surface area contributed by atoms with Gasteiger partial charge in [0.2, 0.25) is 0 Å². The van der Waals surface area contributed by atoms with Crippen LogP contribution >= 0.6 is 11.8 Å². The van der Waals surface area contributed by atoms with E-state index in [1.54, 1.807) is 24.7 Å². The summed E-state index contributed by atoms with van der Waals surface area (Å²) < 4.78 is 2.15. The molecule has 138 valence electrons. The maximum absolute atomic E-state index is 12.7. The van der Waals surface area contributed by atoms with Gasteiger partial charge in [0.05, 0.1) is 5.56 Å². The number of thioether (sulfide) groups is 1. The molecule has 1 aliphatic rings. The lowest BCUT2D eigenvalue weighted by Crippen LogP contribution is -2.35. The molecule has 8 heteroatoms. The molecule has 4 heterocycles. The van der Waals surface area contributed by atoms with Crippen LogP contribution in [-0.4, -0.2) is 42.9 Å². The van der Waals surface area contributed by atoms with E-state index >= 15 is 0 Å². The number of hydrogen-bond donors (Lipinski definition) is 1. The molecule has 1 N–H and O–H groups in total. The van der Waals surface area contributed by atoms with E-state index in [2.05, 4.69) is 30.0 Å². The minimum Gasteiger partial charge on any atom is -0.349 e. The Morgan fingerprint density at radius 2 is 2.04 bits per heavy atom. The molecule has 7 nitrogen and oxygen atoms in total. The van der Waals surface area contributed by atoms with Crippen LogP contribution in [0.1, 0.15) is 29.0 Å². The second-order valence-electron chi connectivity index (χ2n) is 6.39. The summed E-state index contributed by atoms with van der Waals surface area (Å²) in [6.07, 6.45) is 9.62. The Labute approximate surface area is 161 Å². The van der Waals surface area contributed by atoms with Crippen LogP contribution in [0.15, 0.2) is 47.9 Å². The minimum atomic E-state index is -0.0653. The van der Waals surface area contributed by atoms with Crippen molar-refractivity contribution in [1.82, 2.24) is 30.0 Å². The number of nitrogens with one attached hydrogen (secondary N) is 1. The molecule has 0 saturated heterocycles. The molecule has 1 amide bonds. The van der Waals surface area contributed by atoms with Gasteiger partial charge in [-0.3, -0.25) is 9.78 Å². The van der Waals surface area contributed by atoms with Crippen LogP contribution in [0.3, 0.4) is 0 Å². The molecule has 0 aliphatic carbocycles. The Morgan fingerprint density at radius 3 is 2.85 bits per heavy atom. The number of fused-ring (bicyclic) bond motifs is 1. The molecular formula is C19H20N6OS. The summed E-state index contributed by atoms with van der Waals surface area (Å²) in [7, 11) is 0. The van der Waals surface area contributed by atoms with Gasteiger partial charge < -0.3 is 9.88 Å². The summed E-state index contributed by atoms with van der Waals surface area (Å²) in [5.41, 5.74) is 1.64. The molecule has 0 spiro atoms. The monoisotopic (exact) mass is 380 g/mol. The van der Waals surface area contributed by atoms with Gasteiger partial charge in [0.15, 0.2) is 5.82 Å². The molecule has 0 saturated carbocycles. The quantitative estimate of drug-likeness (QED) is 0.700. The van der Waals surface area contributed by atoms with E-state index in [4.69, 9.17) is 0 Å². The van der Waals surface area contributed by atoms with Crippen molar-refractivity contribution in [3.63, 3.8) is 0 Å². The fourth-order valence-corrected chi connectivity index (χ4v) is 3.88. The fourth-order valence-electron chi connectivity index (χ4n) is 3.34. The van der Waals surface area contributed by atoms with Crippen LogP contribution in [0.25, 0.3) is 11.4 Å². The molecule has 1 atom stereocenters. The number of rotatable bonds is 4. The van der Waals surface area contributed by atoms with Gasteiger partial charge in [-0.15, -0.1) is 22.0 Å². The molecule has 1 aliphatic heterocycles. The maximum Gasteiger partial charge on any atom is 0.254 e. The highest BCUT2D eigenvalue weighted by Gasteiger charge is 2.23. The largest absolute Gasteiger partial charge is 0.349 e. The smallest absolute Gasteiger partial charge is 0.254 e. The van der Waals surface area contributed by atoms with E-state index in [1.165, 1.54) is 11.8 Å². The van der Waals surface area contributed by atoms with Gasteiger partial charge in [0.1, 0.15) is 10.9 Å². The third-order valence-electron chi connectivity index (χ3n) is 4.73. The Hall–Kier alpha value is -2.74. The van der Waals surface area contributed by atoms with Crippen molar-refractivity contribution in [2.24, 2.45) is 0 Å². The predicted molar refractivity (Wildman–Crippen MR) is 103 cm³/mol. The van der Waals surface area contributed by atoms with Crippen molar-refractivity contribution in [2.45, 2.75) is 36.9 Å². The lowest BCUT2D eigenvalue weighted by molar-refractivity contribution is 0.0929. The molecule has 4 rings (SSSR count). The van der Waals surface area contributed by atoms with Gasteiger partial charge in [0.25, 0.3) is 5.91 Å². The first kappa shape index (κ1) is 17.7. The van der Waals surface area contributed by atoms with Crippen LogP contribution in [0.4, 0.5) is 0 Å². The van der Waals surface area contributed by atoms with Gasteiger partial charge in [-0.2, -0.15) is 0 Å². The third kappa shape index (κ3) is 3.71. The number of aryl methyl sites for hydroxylation is 1. The number of aromatic nitrogens is 5. The van der Waals surface area contributed by atoms with Gasteiger partial charge in [0, 0.05) is 43.2 Å². The summed E-state index contributed by atoms with van der Waals surface area (Å²) in [5.74, 6) is 1.76. The fraction of sp³-hybridized carbons (Fsp3) is 0.316. The number of pyridine rings is 2. The van der Waals surface area contributed by atoms with Gasteiger partial charge in [-0.25, -0.2) is 4.98 Å². The second-order valence-corrected chi connectivity index (χ2v) is 7.18. The van der Waals surface area contributed by atoms with Crippen LogP contribution in [0.2, 0.25) is 0 Å². The van der Waals surface area contributed by atoms with E-state index in [0.717, 1.165) is 48.0 Å². The van der Waals surface area contributed by atoms with Gasteiger partial charge in [-0.1, -0.05) is 0 Å². The minimum absolute atomic E-state index is 0.0653. The number of hydrogen-bond acceptors (Lipinski definition) is 6. The summed E-state index contributed by atoms with van der Waals surface area (Å²) >= 11 is 1.48. The standard InChI is InChI=1S/C19H20N6OS/c1-27-19-15(3-2-9-21-19)18(26)22-14-4-5-16-23-24-17(25(16)12-8-14)13-6-10-20-11-7-13/h2-3,6-7,9-11,14H,4-5,8,12H2,1H3,(H,22,26). The average Bonchev–Trinajstić information content (AvgIpc) is 3.03. The molecule has 0 fully saturated rings.